The van der Waals surface area contributed by atoms with Gasteiger partial charge in [0.05, 0.1) is 12.2 Å². The highest BCUT2D eigenvalue weighted by Gasteiger charge is 2.44. The molecular formula is C22H44O5Si2. The number of rotatable bonds is 4. The van der Waals surface area contributed by atoms with Crippen LogP contribution < -0.4 is 0 Å². The van der Waals surface area contributed by atoms with Gasteiger partial charge in [-0.25, -0.2) is 0 Å². The molecule has 0 aromatic rings. The molecule has 0 fully saturated rings. The average molecular weight is 445 g/mol. The quantitative estimate of drug-likeness (QED) is 0.357. The second-order valence-corrected chi connectivity index (χ2v) is 20.9. The summed E-state index contributed by atoms with van der Waals surface area (Å²) in [6.45, 7) is 23.8. The molecule has 1 aliphatic rings. The number of hydrogen-bond donors (Lipinski definition) is 1. The number of carbonyl (C=O) groups is 1. The third kappa shape index (κ3) is 7.31. The molecule has 0 amide bonds. The smallest absolute Gasteiger partial charge is 0.306 e. The minimum absolute atomic E-state index is 0.0437. The third-order valence-corrected chi connectivity index (χ3v) is 15.8. The lowest BCUT2D eigenvalue weighted by Crippen LogP contribution is -2.51. The van der Waals surface area contributed by atoms with E-state index in [9.17, 15) is 9.90 Å². The molecule has 0 aliphatic carbocycles. The van der Waals surface area contributed by atoms with Crippen molar-refractivity contribution < 1.29 is 23.5 Å². The summed E-state index contributed by atoms with van der Waals surface area (Å²) >= 11 is 0. The van der Waals surface area contributed by atoms with Gasteiger partial charge in [-0.2, -0.15) is 0 Å². The van der Waals surface area contributed by atoms with Crippen molar-refractivity contribution in [3.63, 3.8) is 0 Å². The van der Waals surface area contributed by atoms with Crippen LogP contribution in [-0.2, 0) is 18.4 Å². The van der Waals surface area contributed by atoms with Gasteiger partial charge in [-0.1, -0.05) is 53.7 Å². The fourth-order valence-corrected chi connectivity index (χ4v) is 5.20. The van der Waals surface area contributed by atoms with E-state index < -0.39 is 28.8 Å². The highest BCUT2D eigenvalue weighted by atomic mass is 28.4. The zero-order valence-electron chi connectivity index (χ0n) is 20.5. The van der Waals surface area contributed by atoms with Crippen molar-refractivity contribution in [1.82, 2.24) is 0 Å². The van der Waals surface area contributed by atoms with Crippen molar-refractivity contribution in [1.29, 1.82) is 0 Å². The highest BCUT2D eigenvalue weighted by molar-refractivity contribution is 6.74. The van der Waals surface area contributed by atoms with E-state index in [2.05, 4.69) is 67.7 Å². The second kappa shape index (κ2) is 9.34. The maximum Gasteiger partial charge on any atom is 0.306 e. The molecule has 0 spiro atoms. The SMILES string of the molecule is C[C@H]1OC(=O)CC[C@H](O[Si](C)(C)C(C)(C)C)[C@H](O[Si](C)(C)C(C)(C)C)/C=C/[C@@H]1O. The molecule has 170 valence electrons. The van der Waals surface area contributed by atoms with E-state index in [0.717, 1.165) is 0 Å². The molecule has 4 atom stereocenters. The molecule has 1 N–H and O–H groups in total. The molecule has 0 aromatic carbocycles. The van der Waals surface area contributed by atoms with E-state index >= 15 is 0 Å². The van der Waals surface area contributed by atoms with Crippen molar-refractivity contribution in [3.05, 3.63) is 12.2 Å². The van der Waals surface area contributed by atoms with Crippen LogP contribution in [0.5, 0.6) is 0 Å². The maximum atomic E-state index is 12.3. The molecular weight excluding hydrogens is 400 g/mol. The summed E-state index contributed by atoms with van der Waals surface area (Å²) in [5, 5.41) is 10.5. The largest absolute Gasteiger partial charge is 0.460 e. The molecule has 0 unspecified atom stereocenters. The van der Waals surface area contributed by atoms with E-state index in [1.807, 2.05) is 6.08 Å². The predicted molar refractivity (Wildman–Crippen MR) is 124 cm³/mol. The normalized spacial score (nSPS) is 29.3. The Morgan fingerprint density at radius 1 is 0.966 bits per heavy atom. The standard InChI is InChI=1S/C22H44O5Si2/c1-16-17(23)12-13-18(26-28(8,9)21(2,3)4)19(14-15-20(24)25-16)27-29(10,11)22(5,6)7/h12-13,16-19,23H,14-15H2,1-11H3/b13-12+/t16-,17+,18-,19+/m1/s1. The van der Waals surface area contributed by atoms with Crippen molar-refractivity contribution in [2.45, 2.75) is 122 Å². The number of hydrogen-bond acceptors (Lipinski definition) is 5. The van der Waals surface area contributed by atoms with E-state index in [-0.39, 0.29) is 34.7 Å². The Hall–Kier alpha value is -0.476. The Balaban J connectivity index is 3.33. The summed E-state index contributed by atoms with van der Waals surface area (Å²) in [5.41, 5.74) is 0. The van der Waals surface area contributed by atoms with Gasteiger partial charge in [0.25, 0.3) is 0 Å². The summed E-state index contributed by atoms with van der Waals surface area (Å²) in [4.78, 5) is 12.3. The van der Waals surface area contributed by atoms with Gasteiger partial charge in [0, 0.05) is 6.42 Å². The summed E-state index contributed by atoms with van der Waals surface area (Å²) in [5.74, 6) is -0.304. The average Bonchev–Trinajstić information content (AvgIpc) is 2.51. The fraction of sp³-hybridized carbons (Fsp3) is 0.864. The second-order valence-electron chi connectivity index (χ2n) is 11.4. The van der Waals surface area contributed by atoms with Gasteiger partial charge in [-0.05, 0) is 49.6 Å². The topological polar surface area (TPSA) is 65.0 Å². The molecule has 7 heteroatoms. The van der Waals surface area contributed by atoms with Gasteiger partial charge in [0.1, 0.15) is 12.2 Å². The predicted octanol–water partition coefficient (Wildman–Crippen LogP) is 5.41. The van der Waals surface area contributed by atoms with E-state index in [1.165, 1.54) is 0 Å². The fourth-order valence-electron chi connectivity index (χ4n) is 2.58. The van der Waals surface area contributed by atoms with Crippen LogP contribution in [0.2, 0.25) is 36.3 Å². The highest BCUT2D eigenvalue weighted by Crippen LogP contribution is 2.41. The third-order valence-electron chi connectivity index (χ3n) is 6.78. The number of aliphatic hydroxyl groups excluding tert-OH is 1. The van der Waals surface area contributed by atoms with Crippen molar-refractivity contribution in [2.75, 3.05) is 0 Å². The zero-order valence-corrected chi connectivity index (χ0v) is 22.5. The first-order valence-electron chi connectivity index (χ1n) is 10.8. The van der Waals surface area contributed by atoms with Crippen molar-refractivity contribution in [2.24, 2.45) is 0 Å². The number of carbonyl (C=O) groups excluding carboxylic acids is 1. The van der Waals surface area contributed by atoms with E-state index in [0.29, 0.717) is 6.42 Å². The minimum atomic E-state index is -2.09. The number of cyclic esters (lactones) is 1. The van der Waals surface area contributed by atoms with Crippen LogP contribution in [0.15, 0.2) is 12.2 Å². The Kier molecular flexibility index (Phi) is 8.56. The first kappa shape index (κ1) is 26.6. The molecule has 0 radical (unpaired) electrons. The lowest BCUT2D eigenvalue weighted by Gasteiger charge is -2.44. The first-order chi connectivity index (χ1) is 12.9. The van der Waals surface area contributed by atoms with E-state index in [4.69, 9.17) is 13.6 Å². The van der Waals surface area contributed by atoms with Crippen molar-refractivity contribution >= 4 is 22.6 Å². The molecule has 0 saturated heterocycles. The summed E-state index contributed by atoms with van der Waals surface area (Å²) < 4.78 is 18.9. The number of aliphatic hydroxyl groups is 1. The molecule has 1 rings (SSSR count). The van der Waals surface area contributed by atoms with Crippen LogP contribution in [0.3, 0.4) is 0 Å². The van der Waals surface area contributed by atoms with Gasteiger partial charge in [0.2, 0.25) is 0 Å². The Morgan fingerprint density at radius 3 is 1.93 bits per heavy atom. The van der Waals surface area contributed by atoms with Gasteiger partial charge in [-0.15, -0.1) is 0 Å². The maximum absolute atomic E-state index is 12.3. The van der Waals surface area contributed by atoms with Crippen LogP contribution >= 0.6 is 0 Å². The van der Waals surface area contributed by atoms with Gasteiger partial charge >= 0.3 is 5.97 Å². The molecule has 29 heavy (non-hydrogen) atoms. The molecule has 1 aliphatic heterocycles. The number of ether oxygens (including phenoxy) is 1. The minimum Gasteiger partial charge on any atom is -0.460 e. The lowest BCUT2D eigenvalue weighted by molar-refractivity contribution is -0.153. The Bertz CT molecular complexity index is 587. The van der Waals surface area contributed by atoms with Crippen LogP contribution in [0.25, 0.3) is 0 Å². The van der Waals surface area contributed by atoms with Gasteiger partial charge in [-0.3, -0.25) is 4.79 Å². The van der Waals surface area contributed by atoms with Crippen LogP contribution in [0, 0.1) is 0 Å². The molecule has 0 bridgehead atoms. The van der Waals surface area contributed by atoms with Crippen LogP contribution in [0.1, 0.15) is 61.3 Å². The molecule has 0 aromatic heterocycles. The summed E-state index contributed by atoms with van der Waals surface area (Å²) in [6.07, 6.45) is 2.41. The lowest BCUT2D eigenvalue weighted by atomic mass is 10.1. The monoisotopic (exact) mass is 444 g/mol. The van der Waals surface area contributed by atoms with Crippen molar-refractivity contribution in [3.8, 4) is 0 Å². The van der Waals surface area contributed by atoms with E-state index in [1.54, 1.807) is 13.0 Å². The first-order valence-corrected chi connectivity index (χ1v) is 16.6. The van der Waals surface area contributed by atoms with Gasteiger partial charge < -0.3 is 18.7 Å². The molecule has 0 saturated carbocycles. The summed E-state index contributed by atoms with van der Waals surface area (Å²) in [7, 11) is -4.18. The van der Waals surface area contributed by atoms with Crippen LogP contribution in [0.4, 0.5) is 0 Å². The van der Waals surface area contributed by atoms with Crippen LogP contribution in [-0.4, -0.2) is 52.1 Å². The number of esters is 1. The molecule has 5 nitrogen and oxygen atoms in total. The Labute approximate surface area is 180 Å². The molecule has 1 heterocycles. The Morgan fingerprint density at radius 2 is 1.45 bits per heavy atom. The van der Waals surface area contributed by atoms with Gasteiger partial charge in [0.15, 0.2) is 16.6 Å². The summed E-state index contributed by atoms with van der Waals surface area (Å²) in [6, 6.07) is 0. The zero-order chi connectivity index (χ0) is 22.8.